The van der Waals surface area contributed by atoms with E-state index in [1.54, 1.807) is 7.11 Å². The Kier molecular flexibility index (Phi) is 5.45. The van der Waals surface area contributed by atoms with Crippen LogP contribution in [0, 0.1) is 6.92 Å². The van der Waals surface area contributed by atoms with Crippen molar-refractivity contribution in [1.29, 1.82) is 0 Å². The molecule has 0 aliphatic rings. The number of aliphatic imine (C=N–C) groups is 1. The monoisotopic (exact) mass is 236 g/mol. The van der Waals surface area contributed by atoms with Crippen LogP contribution >= 0.6 is 0 Å². The number of hydrogen-bond acceptors (Lipinski definition) is 3. The second-order valence-electron chi connectivity index (χ2n) is 3.92. The predicted molar refractivity (Wildman–Crippen MR) is 70.9 cm³/mol. The van der Waals surface area contributed by atoms with Crippen LogP contribution in [0.5, 0.6) is 0 Å². The van der Waals surface area contributed by atoms with Crippen molar-refractivity contribution < 1.29 is 4.74 Å². The summed E-state index contributed by atoms with van der Waals surface area (Å²) in [5.41, 5.74) is 4.67. The molecule has 17 heavy (non-hydrogen) atoms. The molecule has 0 bridgehead atoms. The molecule has 4 N–H and O–H groups in total. The van der Waals surface area contributed by atoms with Crippen LogP contribution in [-0.2, 0) is 4.74 Å². The van der Waals surface area contributed by atoms with E-state index in [0.717, 1.165) is 5.69 Å². The van der Waals surface area contributed by atoms with Crippen LogP contribution in [0.25, 0.3) is 0 Å². The van der Waals surface area contributed by atoms with Crippen LogP contribution in [-0.4, -0.2) is 25.7 Å². The van der Waals surface area contributed by atoms with Crippen LogP contribution in [0.2, 0.25) is 0 Å². The molecule has 0 aliphatic heterocycles. The molecular weight excluding hydrogens is 216 g/mol. The maximum absolute atomic E-state index is 5.42. The van der Waals surface area contributed by atoms with Gasteiger partial charge < -0.3 is 10.1 Å². The number of aryl methyl sites for hydroxylation is 1. The average Bonchev–Trinajstić information content (AvgIpc) is 2.28. The van der Waals surface area contributed by atoms with Gasteiger partial charge in [-0.2, -0.15) is 0 Å². The number of anilines is 1. The Morgan fingerprint density at radius 1 is 1.53 bits per heavy atom. The van der Waals surface area contributed by atoms with Crippen molar-refractivity contribution in [2.45, 2.75) is 19.9 Å². The number of ether oxygens (including phenoxy) is 1. The molecule has 1 aromatic carbocycles. The molecule has 0 saturated heterocycles. The quantitative estimate of drug-likeness (QED) is 0.318. The minimum Gasteiger partial charge on any atom is -0.382 e. The Morgan fingerprint density at radius 3 is 2.88 bits per heavy atom. The van der Waals surface area contributed by atoms with Gasteiger partial charge in [0, 0.05) is 12.8 Å². The van der Waals surface area contributed by atoms with Gasteiger partial charge in [-0.3, -0.25) is 5.43 Å². The lowest BCUT2D eigenvalue weighted by molar-refractivity contribution is 0.185. The third-order valence-corrected chi connectivity index (χ3v) is 2.17. The molecule has 0 fully saturated rings. The first kappa shape index (κ1) is 13.5. The summed E-state index contributed by atoms with van der Waals surface area (Å²) in [4.78, 5) is 4.35. The lowest BCUT2D eigenvalue weighted by Gasteiger charge is -2.12. The normalized spacial score (nSPS) is 13.3. The zero-order valence-corrected chi connectivity index (χ0v) is 10.5. The van der Waals surface area contributed by atoms with Gasteiger partial charge in [-0.1, -0.05) is 12.1 Å². The number of methoxy groups -OCH3 is 1. The van der Waals surface area contributed by atoms with E-state index in [-0.39, 0.29) is 6.04 Å². The summed E-state index contributed by atoms with van der Waals surface area (Å²) >= 11 is 0. The molecule has 0 radical (unpaired) electrons. The first-order chi connectivity index (χ1) is 8.15. The van der Waals surface area contributed by atoms with Crippen molar-refractivity contribution in [1.82, 2.24) is 5.43 Å². The fourth-order valence-electron chi connectivity index (χ4n) is 1.46. The SMILES string of the molecule is COCC(C)N=C(NN)Nc1cccc(C)c1. The fraction of sp³-hybridized carbons (Fsp3) is 0.417. The van der Waals surface area contributed by atoms with Crippen LogP contribution in [0.3, 0.4) is 0 Å². The van der Waals surface area contributed by atoms with Gasteiger partial charge in [0.15, 0.2) is 0 Å². The van der Waals surface area contributed by atoms with Crippen molar-refractivity contribution in [3.8, 4) is 0 Å². The first-order valence-electron chi connectivity index (χ1n) is 5.52. The summed E-state index contributed by atoms with van der Waals surface area (Å²) in [6.07, 6.45) is 0. The van der Waals surface area contributed by atoms with Crippen molar-refractivity contribution in [2.24, 2.45) is 10.8 Å². The van der Waals surface area contributed by atoms with Gasteiger partial charge in [-0.05, 0) is 31.5 Å². The highest BCUT2D eigenvalue weighted by molar-refractivity contribution is 5.93. The van der Waals surface area contributed by atoms with Gasteiger partial charge in [-0.25, -0.2) is 10.8 Å². The first-order valence-corrected chi connectivity index (χ1v) is 5.52. The third kappa shape index (κ3) is 4.84. The van der Waals surface area contributed by atoms with Crippen LogP contribution < -0.4 is 16.6 Å². The zero-order chi connectivity index (χ0) is 12.7. The van der Waals surface area contributed by atoms with E-state index in [2.05, 4.69) is 15.7 Å². The van der Waals surface area contributed by atoms with Crippen molar-refractivity contribution >= 4 is 11.6 Å². The molecule has 1 unspecified atom stereocenters. The lowest BCUT2D eigenvalue weighted by atomic mass is 10.2. The Balaban J connectivity index is 2.69. The van der Waals surface area contributed by atoms with Gasteiger partial charge >= 0.3 is 0 Å². The van der Waals surface area contributed by atoms with Gasteiger partial charge in [0.2, 0.25) is 5.96 Å². The maximum atomic E-state index is 5.42. The van der Waals surface area contributed by atoms with E-state index in [0.29, 0.717) is 12.6 Å². The fourth-order valence-corrected chi connectivity index (χ4v) is 1.46. The number of hydrazine groups is 1. The summed E-state index contributed by atoms with van der Waals surface area (Å²) in [7, 11) is 1.65. The molecule has 94 valence electrons. The van der Waals surface area contributed by atoms with E-state index < -0.39 is 0 Å². The minimum atomic E-state index is 0.0448. The maximum Gasteiger partial charge on any atom is 0.210 e. The molecule has 1 aromatic rings. The highest BCUT2D eigenvalue weighted by Crippen LogP contribution is 2.09. The summed E-state index contributed by atoms with van der Waals surface area (Å²) in [6, 6.07) is 8.04. The molecule has 1 atom stereocenters. The summed E-state index contributed by atoms with van der Waals surface area (Å²) in [5.74, 6) is 5.95. The summed E-state index contributed by atoms with van der Waals surface area (Å²) in [5, 5.41) is 3.12. The Labute approximate surface area is 102 Å². The second-order valence-corrected chi connectivity index (χ2v) is 3.92. The van der Waals surface area contributed by atoms with Crippen molar-refractivity contribution in [2.75, 3.05) is 19.0 Å². The number of rotatable bonds is 4. The number of nitrogens with zero attached hydrogens (tertiary/aromatic N) is 1. The number of nitrogens with one attached hydrogen (secondary N) is 2. The van der Waals surface area contributed by atoms with E-state index in [1.165, 1.54) is 5.56 Å². The molecular formula is C12H20N4O. The van der Waals surface area contributed by atoms with Gasteiger partial charge in [-0.15, -0.1) is 0 Å². The Morgan fingerprint density at radius 2 is 2.29 bits per heavy atom. The molecule has 0 amide bonds. The Bertz CT molecular complexity index is 379. The molecule has 1 rings (SSSR count). The summed E-state index contributed by atoms with van der Waals surface area (Å²) < 4.78 is 5.01. The highest BCUT2D eigenvalue weighted by Gasteiger charge is 2.02. The van der Waals surface area contributed by atoms with Crippen molar-refractivity contribution in [3.05, 3.63) is 29.8 Å². The minimum absolute atomic E-state index is 0.0448. The average molecular weight is 236 g/mol. The highest BCUT2D eigenvalue weighted by atomic mass is 16.5. The van der Waals surface area contributed by atoms with Crippen molar-refractivity contribution in [3.63, 3.8) is 0 Å². The lowest BCUT2D eigenvalue weighted by Crippen LogP contribution is -2.37. The molecule has 0 heterocycles. The van der Waals surface area contributed by atoms with E-state index >= 15 is 0 Å². The second kappa shape index (κ2) is 6.88. The van der Waals surface area contributed by atoms with Gasteiger partial charge in [0.25, 0.3) is 0 Å². The summed E-state index contributed by atoms with van der Waals surface area (Å²) in [6.45, 7) is 4.55. The molecule has 0 aliphatic carbocycles. The molecule has 0 saturated carbocycles. The van der Waals surface area contributed by atoms with E-state index in [9.17, 15) is 0 Å². The molecule has 5 nitrogen and oxygen atoms in total. The molecule has 0 spiro atoms. The van der Waals surface area contributed by atoms with Gasteiger partial charge in [0.05, 0.1) is 12.6 Å². The molecule has 0 aromatic heterocycles. The van der Waals surface area contributed by atoms with Crippen LogP contribution in [0.4, 0.5) is 5.69 Å². The van der Waals surface area contributed by atoms with Crippen LogP contribution in [0.1, 0.15) is 12.5 Å². The van der Waals surface area contributed by atoms with Crippen LogP contribution in [0.15, 0.2) is 29.3 Å². The Hall–Kier alpha value is -1.59. The molecule has 5 heteroatoms. The van der Waals surface area contributed by atoms with E-state index in [4.69, 9.17) is 10.6 Å². The number of benzene rings is 1. The van der Waals surface area contributed by atoms with E-state index in [1.807, 2.05) is 38.1 Å². The third-order valence-electron chi connectivity index (χ3n) is 2.17. The zero-order valence-electron chi connectivity index (χ0n) is 10.5. The number of guanidine groups is 1. The largest absolute Gasteiger partial charge is 0.382 e. The number of nitrogens with two attached hydrogens (primary N) is 1. The number of hydrogen-bond donors (Lipinski definition) is 3. The standard InChI is InChI=1S/C12H20N4O/c1-9-5-4-6-11(7-9)15-12(16-13)14-10(2)8-17-3/h4-7,10H,8,13H2,1-3H3,(H2,14,15,16). The van der Waals surface area contributed by atoms with Gasteiger partial charge in [0.1, 0.15) is 0 Å². The topological polar surface area (TPSA) is 71.7 Å². The predicted octanol–water partition coefficient (Wildman–Crippen LogP) is 1.26. The smallest absolute Gasteiger partial charge is 0.210 e.